The average molecular weight is 418 g/mol. The van der Waals surface area contributed by atoms with E-state index in [9.17, 15) is 9.59 Å². The first-order valence-corrected chi connectivity index (χ1v) is 10.7. The fourth-order valence-electron chi connectivity index (χ4n) is 3.93. The van der Waals surface area contributed by atoms with E-state index in [2.05, 4.69) is 12.1 Å². The lowest BCUT2D eigenvalue weighted by atomic mass is 9.98. The van der Waals surface area contributed by atoms with Gasteiger partial charge in [0.15, 0.2) is 5.78 Å². The summed E-state index contributed by atoms with van der Waals surface area (Å²) in [5, 5.41) is 0.705. The van der Waals surface area contributed by atoms with Gasteiger partial charge in [-0.1, -0.05) is 61.0 Å². The van der Waals surface area contributed by atoms with Crippen LogP contribution in [0.5, 0.6) is 0 Å². The van der Waals surface area contributed by atoms with Gasteiger partial charge in [-0.3, -0.25) is 9.59 Å². The zero-order valence-corrected chi connectivity index (χ0v) is 17.8. The second-order valence-electron chi connectivity index (χ2n) is 7.62. The molecule has 0 fully saturated rings. The maximum absolute atomic E-state index is 12.6. The number of halogens is 1. The quantitative estimate of drug-likeness (QED) is 0.453. The molecule has 0 bridgehead atoms. The molecule has 0 saturated carbocycles. The Kier molecular flexibility index (Phi) is 6.01. The second kappa shape index (κ2) is 8.85. The largest absolute Gasteiger partial charge is 0.312 e. The summed E-state index contributed by atoms with van der Waals surface area (Å²) >= 11 is 5.91. The van der Waals surface area contributed by atoms with Gasteiger partial charge >= 0.3 is 0 Å². The fourth-order valence-corrected chi connectivity index (χ4v) is 4.06. The third-order valence-electron chi connectivity index (χ3n) is 5.67. The number of fused-ring (bicyclic) bond motifs is 1. The molecular formula is C26H24ClNO2. The first-order valence-electron chi connectivity index (χ1n) is 10.4. The van der Waals surface area contributed by atoms with Crippen molar-refractivity contribution in [1.29, 1.82) is 0 Å². The Morgan fingerprint density at radius 2 is 1.63 bits per heavy atom. The normalized spacial score (nSPS) is 12.7. The number of hydrogen-bond acceptors (Lipinski definition) is 2. The zero-order valence-electron chi connectivity index (χ0n) is 17.0. The molecule has 3 aromatic carbocycles. The van der Waals surface area contributed by atoms with E-state index in [0.29, 0.717) is 24.3 Å². The van der Waals surface area contributed by atoms with Crippen LogP contribution in [0.3, 0.4) is 0 Å². The number of ketones is 1. The number of aryl methyl sites for hydroxylation is 1. The molecule has 0 aliphatic carbocycles. The van der Waals surface area contributed by atoms with Crippen molar-refractivity contribution in [3.05, 3.63) is 88.4 Å². The van der Waals surface area contributed by atoms with E-state index in [-0.39, 0.29) is 11.7 Å². The predicted octanol–water partition coefficient (Wildman–Crippen LogP) is 6.12. The molecule has 0 aromatic heterocycles. The molecule has 30 heavy (non-hydrogen) atoms. The van der Waals surface area contributed by atoms with Crippen LogP contribution in [0.2, 0.25) is 5.02 Å². The van der Waals surface area contributed by atoms with Crippen molar-refractivity contribution < 1.29 is 9.59 Å². The molecule has 0 saturated heterocycles. The van der Waals surface area contributed by atoms with Crippen LogP contribution in [0.15, 0.2) is 66.7 Å². The van der Waals surface area contributed by atoms with Crippen molar-refractivity contribution in [2.75, 3.05) is 11.4 Å². The van der Waals surface area contributed by atoms with Crippen LogP contribution >= 0.6 is 11.6 Å². The van der Waals surface area contributed by atoms with Crippen LogP contribution in [-0.2, 0) is 17.6 Å². The van der Waals surface area contributed by atoms with Crippen molar-refractivity contribution in [3.8, 4) is 11.1 Å². The van der Waals surface area contributed by atoms with Gasteiger partial charge < -0.3 is 4.90 Å². The van der Waals surface area contributed by atoms with Gasteiger partial charge in [0.25, 0.3) is 0 Å². The van der Waals surface area contributed by atoms with E-state index in [1.165, 1.54) is 5.56 Å². The van der Waals surface area contributed by atoms with Gasteiger partial charge in [-0.25, -0.2) is 0 Å². The van der Waals surface area contributed by atoms with Crippen LogP contribution in [0, 0.1) is 0 Å². The topological polar surface area (TPSA) is 37.4 Å². The molecule has 3 aromatic rings. The summed E-state index contributed by atoms with van der Waals surface area (Å²) in [6.45, 7) is 2.65. The van der Waals surface area contributed by atoms with Crippen LogP contribution in [0.25, 0.3) is 11.1 Å². The molecule has 0 radical (unpaired) electrons. The summed E-state index contributed by atoms with van der Waals surface area (Å²) < 4.78 is 0. The zero-order chi connectivity index (χ0) is 21.1. The highest BCUT2D eigenvalue weighted by atomic mass is 35.5. The Hall–Kier alpha value is -2.91. The summed E-state index contributed by atoms with van der Waals surface area (Å²) in [5.74, 6) is 0.308. The van der Waals surface area contributed by atoms with Gasteiger partial charge in [-0.05, 0) is 59.4 Å². The second-order valence-corrected chi connectivity index (χ2v) is 8.06. The Morgan fingerprint density at radius 3 is 2.33 bits per heavy atom. The molecule has 0 spiro atoms. The first kappa shape index (κ1) is 20.4. The molecule has 1 aliphatic heterocycles. The lowest BCUT2D eigenvalue weighted by Crippen LogP contribution is -2.27. The van der Waals surface area contributed by atoms with Crippen molar-refractivity contribution in [1.82, 2.24) is 0 Å². The van der Waals surface area contributed by atoms with E-state index in [0.717, 1.165) is 40.9 Å². The molecule has 0 atom stereocenters. The van der Waals surface area contributed by atoms with Crippen molar-refractivity contribution >= 4 is 29.0 Å². The molecule has 0 N–H and O–H groups in total. The number of carbonyl (C=O) groups excluding carboxylic acids is 2. The first-order chi connectivity index (χ1) is 14.5. The van der Waals surface area contributed by atoms with Gasteiger partial charge in [0.2, 0.25) is 5.91 Å². The van der Waals surface area contributed by atoms with Crippen LogP contribution in [-0.4, -0.2) is 18.2 Å². The Bertz CT molecular complexity index is 1070. The number of Topliss-reactive ketones (excluding diaryl/α,β-unsaturated/α-hetero) is 1. The molecule has 152 valence electrons. The molecule has 3 nitrogen and oxygen atoms in total. The van der Waals surface area contributed by atoms with Crippen molar-refractivity contribution in [3.63, 3.8) is 0 Å². The molecule has 4 heteroatoms. The average Bonchev–Trinajstić information content (AvgIpc) is 3.21. The standard InChI is InChI=1S/C26H24ClNO2/c1-2-26(30)28-16-15-22-17-21(10-13-24(22)28)19-6-8-20(9-7-19)25(29)14-5-18-3-11-23(27)12-4-18/h3-4,6-13,17H,2,5,14-16H2,1H3. The molecule has 1 heterocycles. The minimum Gasteiger partial charge on any atom is -0.312 e. The van der Waals surface area contributed by atoms with Crippen LogP contribution < -0.4 is 4.90 Å². The predicted molar refractivity (Wildman–Crippen MR) is 122 cm³/mol. The molecular weight excluding hydrogens is 394 g/mol. The summed E-state index contributed by atoms with van der Waals surface area (Å²) in [4.78, 5) is 26.5. The summed E-state index contributed by atoms with van der Waals surface area (Å²) in [6, 6.07) is 21.7. The number of carbonyl (C=O) groups is 2. The van der Waals surface area contributed by atoms with Crippen molar-refractivity contribution in [2.45, 2.75) is 32.6 Å². The Balaban J connectivity index is 1.44. The van der Waals surface area contributed by atoms with Gasteiger partial charge in [0, 0.05) is 35.7 Å². The van der Waals surface area contributed by atoms with Crippen LogP contribution in [0.4, 0.5) is 5.69 Å². The monoisotopic (exact) mass is 417 g/mol. The summed E-state index contributed by atoms with van der Waals surface area (Å²) in [6.07, 6.45) is 2.58. The van der Waals surface area contributed by atoms with Gasteiger partial charge in [0.1, 0.15) is 0 Å². The number of rotatable bonds is 6. The minimum atomic E-state index is 0.138. The highest BCUT2D eigenvalue weighted by Crippen LogP contribution is 2.33. The van der Waals surface area contributed by atoms with Gasteiger partial charge in [-0.15, -0.1) is 0 Å². The summed E-state index contributed by atoms with van der Waals surface area (Å²) in [7, 11) is 0. The Morgan fingerprint density at radius 1 is 0.933 bits per heavy atom. The number of benzene rings is 3. The minimum absolute atomic E-state index is 0.138. The summed E-state index contributed by atoms with van der Waals surface area (Å²) in [5.41, 5.74) is 6.26. The van der Waals surface area contributed by atoms with Gasteiger partial charge in [-0.2, -0.15) is 0 Å². The maximum Gasteiger partial charge on any atom is 0.226 e. The molecule has 4 rings (SSSR count). The van der Waals surface area contributed by atoms with Crippen LogP contribution in [0.1, 0.15) is 41.3 Å². The lowest BCUT2D eigenvalue weighted by molar-refractivity contribution is -0.118. The third-order valence-corrected chi connectivity index (χ3v) is 5.92. The Labute approximate surface area is 182 Å². The number of hydrogen-bond donors (Lipinski definition) is 0. The number of anilines is 1. The van der Waals surface area contributed by atoms with E-state index in [1.54, 1.807) is 0 Å². The molecule has 0 unspecified atom stereocenters. The smallest absolute Gasteiger partial charge is 0.226 e. The van der Waals surface area contributed by atoms with Gasteiger partial charge in [0.05, 0.1) is 0 Å². The SMILES string of the molecule is CCC(=O)N1CCc2cc(-c3ccc(C(=O)CCc4ccc(Cl)cc4)cc3)ccc21. The number of nitrogens with zero attached hydrogens (tertiary/aromatic N) is 1. The molecule has 1 amide bonds. The fraction of sp³-hybridized carbons (Fsp3) is 0.231. The maximum atomic E-state index is 12.6. The van der Waals surface area contributed by atoms with Crippen molar-refractivity contribution in [2.24, 2.45) is 0 Å². The lowest BCUT2D eigenvalue weighted by Gasteiger charge is -2.16. The highest BCUT2D eigenvalue weighted by Gasteiger charge is 2.23. The number of amides is 1. The highest BCUT2D eigenvalue weighted by molar-refractivity contribution is 6.30. The third kappa shape index (κ3) is 4.31. The van der Waals surface area contributed by atoms with E-state index in [4.69, 9.17) is 11.6 Å². The van der Waals surface area contributed by atoms with E-state index >= 15 is 0 Å². The van der Waals surface area contributed by atoms with E-state index in [1.807, 2.05) is 66.4 Å². The van der Waals surface area contributed by atoms with E-state index < -0.39 is 0 Å². The molecule has 1 aliphatic rings.